The third-order valence-corrected chi connectivity index (χ3v) is 6.85. The number of rotatable bonds is 5. The van der Waals surface area contributed by atoms with Crippen LogP contribution in [0.4, 0.5) is 0 Å². The second-order valence-corrected chi connectivity index (χ2v) is 9.79. The predicted octanol–water partition coefficient (Wildman–Crippen LogP) is 4.62. The van der Waals surface area contributed by atoms with E-state index in [1.807, 2.05) is 39.8 Å². The highest BCUT2D eigenvalue weighted by molar-refractivity contribution is 5.92. The van der Waals surface area contributed by atoms with Gasteiger partial charge in [0.25, 0.3) is 5.56 Å². The summed E-state index contributed by atoms with van der Waals surface area (Å²) in [5.74, 6) is 0.655. The first kappa shape index (κ1) is 23.1. The van der Waals surface area contributed by atoms with Gasteiger partial charge in [0.2, 0.25) is 5.88 Å². The number of hydrogen-bond donors (Lipinski definition) is 0. The van der Waals surface area contributed by atoms with Gasteiger partial charge in [0, 0.05) is 30.4 Å². The molecule has 1 aliphatic heterocycles. The lowest BCUT2D eigenvalue weighted by Gasteiger charge is -2.35. The summed E-state index contributed by atoms with van der Waals surface area (Å²) in [5, 5.41) is 0. The van der Waals surface area contributed by atoms with Crippen LogP contribution in [0, 0.1) is 6.92 Å². The molecule has 34 heavy (non-hydrogen) atoms. The Balaban J connectivity index is 1.60. The molecule has 3 aromatic rings. The van der Waals surface area contributed by atoms with Gasteiger partial charge in [-0.2, -0.15) is 4.98 Å². The van der Waals surface area contributed by atoms with E-state index in [-0.39, 0.29) is 17.7 Å². The molecular weight excluding hydrogens is 432 g/mol. The van der Waals surface area contributed by atoms with E-state index in [9.17, 15) is 4.79 Å². The molecule has 5 rings (SSSR count). The Kier molecular flexibility index (Phi) is 6.20. The van der Waals surface area contributed by atoms with Crippen LogP contribution in [0.3, 0.4) is 0 Å². The van der Waals surface area contributed by atoms with Gasteiger partial charge in [-0.25, -0.2) is 4.98 Å². The van der Waals surface area contributed by atoms with E-state index in [1.54, 1.807) is 10.6 Å². The molecule has 0 aromatic carbocycles. The molecule has 182 valence electrons. The van der Waals surface area contributed by atoms with Crippen LogP contribution in [0.5, 0.6) is 5.88 Å². The molecule has 0 radical (unpaired) electrons. The van der Waals surface area contributed by atoms with Crippen molar-refractivity contribution in [3.63, 3.8) is 0 Å². The molecule has 0 unspecified atom stereocenters. The Hall–Kier alpha value is -2.71. The lowest BCUT2D eigenvalue weighted by atomic mass is 9.98. The lowest BCUT2D eigenvalue weighted by Crippen LogP contribution is -2.40. The largest absolute Gasteiger partial charge is 0.474 e. The molecule has 8 heteroatoms. The van der Waals surface area contributed by atoms with Crippen molar-refractivity contribution in [1.82, 2.24) is 19.1 Å². The van der Waals surface area contributed by atoms with E-state index in [1.165, 1.54) is 19.3 Å². The van der Waals surface area contributed by atoms with Gasteiger partial charge >= 0.3 is 0 Å². The molecule has 0 bridgehead atoms. The number of aryl methyl sites for hydroxylation is 2. The van der Waals surface area contributed by atoms with Crippen LogP contribution < -0.4 is 10.3 Å². The van der Waals surface area contributed by atoms with E-state index < -0.39 is 5.79 Å². The van der Waals surface area contributed by atoms with Gasteiger partial charge < -0.3 is 23.3 Å². The maximum absolute atomic E-state index is 12.8. The van der Waals surface area contributed by atoms with Crippen molar-refractivity contribution >= 4 is 11.0 Å². The third kappa shape index (κ3) is 4.49. The molecule has 0 amide bonds. The smallest absolute Gasteiger partial charge is 0.251 e. The molecule has 2 aliphatic rings. The molecule has 0 atom stereocenters. The van der Waals surface area contributed by atoms with E-state index in [2.05, 4.69) is 15.7 Å². The van der Waals surface area contributed by atoms with E-state index in [0.717, 1.165) is 35.1 Å². The SMILES string of the molecule is CCn1c(=O)ccc2c1c(-c1cc(OC3CCCCC3)nc(C)n1)cn2C1COC(C)(C)OC1. The number of nitrogens with zero attached hydrogens (tertiary/aromatic N) is 4. The Morgan fingerprint density at radius 2 is 1.85 bits per heavy atom. The molecule has 1 aliphatic carbocycles. The zero-order valence-electron chi connectivity index (χ0n) is 20.5. The maximum Gasteiger partial charge on any atom is 0.251 e. The number of fused-ring (bicyclic) bond motifs is 1. The molecular formula is C26H34N4O4. The predicted molar refractivity (Wildman–Crippen MR) is 130 cm³/mol. The van der Waals surface area contributed by atoms with Gasteiger partial charge in [-0.05, 0) is 59.4 Å². The van der Waals surface area contributed by atoms with E-state index >= 15 is 0 Å². The highest BCUT2D eigenvalue weighted by Gasteiger charge is 2.31. The minimum Gasteiger partial charge on any atom is -0.474 e. The van der Waals surface area contributed by atoms with Crippen molar-refractivity contribution in [1.29, 1.82) is 0 Å². The normalized spacial score (nSPS) is 19.5. The highest BCUT2D eigenvalue weighted by atomic mass is 16.7. The molecule has 0 spiro atoms. The monoisotopic (exact) mass is 466 g/mol. The first-order valence-corrected chi connectivity index (χ1v) is 12.4. The van der Waals surface area contributed by atoms with Crippen molar-refractivity contribution in [2.75, 3.05) is 13.2 Å². The van der Waals surface area contributed by atoms with Crippen LogP contribution >= 0.6 is 0 Å². The van der Waals surface area contributed by atoms with E-state index in [0.29, 0.717) is 31.5 Å². The fraction of sp³-hybridized carbons (Fsp3) is 0.577. The van der Waals surface area contributed by atoms with Crippen LogP contribution in [-0.2, 0) is 16.0 Å². The van der Waals surface area contributed by atoms with Crippen molar-refractivity contribution in [3.8, 4) is 17.1 Å². The zero-order chi connectivity index (χ0) is 23.9. The zero-order valence-corrected chi connectivity index (χ0v) is 20.5. The molecule has 2 fully saturated rings. The second kappa shape index (κ2) is 9.15. The number of ether oxygens (including phenoxy) is 3. The van der Waals surface area contributed by atoms with Gasteiger partial charge in [0.1, 0.15) is 11.9 Å². The van der Waals surface area contributed by atoms with Crippen LogP contribution in [0.25, 0.3) is 22.3 Å². The lowest BCUT2D eigenvalue weighted by molar-refractivity contribution is -0.258. The van der Waals surface area contributed by atoms with Gasteiger partial charge in [-0.15, -0.1) is 0 Å². The standard InChI is InChI=1S/C26H34N4O4/c1-5-29-24(31)12-11-22-25(29)20(14-30(22)18-15-32-26(3,4)33-16-18)21-13-23(28-17(2)27-21)34-19-9-7-6-8-10-19/h11-14,18-19H,5-10,15-16H2,1-4H3. The number of pyridine rings is 1. The summed E-state index contributed by atoms with van der Waals surface area (Å²) in [6, 6.07) is 5.42. The third-order valence-electron chi connectivity index (χ3n) is 6.85. The molecule has 1 saturated heterocycles. The van der Waals surface area contributed by atoms with Crippen LogP contribution in [0.1, 0.15) is 64.7 Å². The molecule has 3 aromatic heterocycles. The van der Waals surface area contributed by atoms with Crippen LogP contribution in [0.2, 0.25) is 0 Å². The maximum atomic E-state index is 12.8. The van der Waals surface area contributed by atoms with Crippen LogP contribution in [0.15, 0.2) is 29.2 Å². The quantitative estimate of drug-likeness (QED) is 0.546. The summed E-state index contributed by atoms with van der Waals surface area (Å²) in [6.07, 6.45) is 8.05. The average molecular weight is 467 g/mol. The van der Waals surface area contributed by atoms with Crippen molar-refractivity contribution in [2.45, 2.75) is 84.3 Å². The first-order valence-electron chi connectivity index (χ1n) is 12.4. The Morgan fingerprint density at radius 3 is 2.56 bits per heavy atom. The van der Waals surface area contributed by atoms with Crippen molar-refractivity contribution in [2.24, 2.45) is 0 Å². The molecule has 1 saturated carbocycles. The summed E-state index contributed by atoms with van der Waals surface area (Å²) >= 11 is 0. The van der Waals surface area contributed by atoms with Gasteiger partial charge in [-0.1, -0.05) is 6.42 Å². The Morgan fingerprint density at radius 1 is 1.12 bits per heavy atom. The minimum absolute atomic E-state index is 0.00650. The Labute approximate surface area is 199 Å². The second-order valence-electron chi connectivity index (χ2n) is 9.79. The summed E-state index contributed by atoms with van der Waals surface area (Å²) in [7, 11) is 0. The Bertz CT molecular complexity index is 1230. The fourth-order valence-electron chi connectivity index (χ4n) is 5.07. The average Bonchev–Trinajstić information content (AvgIpc) is 3.19. The first-order chi connectivity index (χ1) is 16.3. The minimum atomic E-state index is -0.594. The topological polar surface area (TPSA) is 80.4 Å². The van der Waals surface area contributed by atoms with Gasteiger partial charge in [0.05, 0.1) is 36.0 Å². The summed E-state index contributed by atoms with van der Waals surface area (Å²) < 4.78 is 22.1. The fourth-order valence-corrected chi connectivity index (χ4v) is 5.07. The number of aromatic nitrogens is 4. The van der Waals surface area contributed by atoms with Crippen LogP contribution in [-0.4, -0.2) is 44.2 Å². The molecule has 0 N–H and O–H groups in total. The molecule has 8 nitrogen and oxygen atoms in total. The van der Waals surface area contributed by atoms with Gasteiger partial charge in [0.15, 0.2) is 5.79 Å². The summed E-state index contributed by atoms with van der Waals surface area (Å²) in [4.78, 5) is 22.1. The highest BCUT2D eigenvalue weighted by Crippen LogP contribution is 2.35. The molecule has 4 heterocycles. The summed E-state index contributed by atoms with van der Waals surface area (Å²) in [5.41, 5.74) is 3.43. The van der Waals surface area contributed by atoms with Gasteiger partial charge in [-0.3, -0.25) is 4.79 Å². The number of hydrogen-bond acceptors (Lipinski definition) is 6. The van der Waals surface area contributed by atoms with Crippen molar-refractivity contribution < 1.29 is 14.2 Å². The van der Waals surface area contributed by atoms with E-state index in [4.69, 9.17) is 19.2 Å². The van der Waals surface area contributed by atoms with Crippen molar-refractivity contribution in [3.05, 3.63) is 40.6 Å². The summed E-state index contributed by atoms with van der Waals surface area (Å²) in [6.45, 7) is 9.34.